The van der Waals surface area contributed by atoms with E-state index >= 15 is 0 Å². The molecule has 0 unspecified atom stereocenters. The summed E-state index contributed by atoms with van der Waals surface area (Å²) in [5.74, 6) is 0. The maximum Gasteiger partial charge on any atom is 0.317 e. The third kappa shape index (κ3) is 3.97. The van der Waals surface area contributed by atoms with Crippen molar-refractivity contribution in [2.24, 2.45) is 0 Å². The minimum absolute atomic E-state index is 0.0483. The normalized spacial score (nSPS) is 20.8. The van der Waals surface area contributed by atoms with Gasteiger partial charge >= 0.3 is 6.03 Å². The van der Waals surface area contributed by atoms with Crippen molar-refractivity contribution in [3.05, 3.63) is 30.1 Å². The van der Waals surface area contributed by atoms with Gasteiger partial charge in [0.1, 0.15) is 0 Å². The van der Waals surface area contributed by atoms with Crippen molar-refractivity contribution in [1.82, 2.24) is 20.1 Å². The molecular weight excluding hydrogens is 276 g/mol. The molecule has 22 heavy (non-hydrogen) atoms. The fourth-order valence-electron chi connectivity index (χ4n) is 3.53. The fraction of sp³-hybridized carbons (Fsp3) is 0.647. The monoisotopic (exact) mass is 302 g/mol. The molecule has 5 heteroatoms. The summed E-state index contributed by atoms with van der Waals surface area (Å²) in [6, 6.07) is 4.68. The Labute approximate surface area is 132 Å². The summed E-state index contributed by atoms with van der Waals surface area (Å²) < 4.78 is 0. The largest absolute Gasteiger partial charge is 0.334 e. The number of carbonyl (C=O) groups is 1. The summed E-state index contributed by atoms with van der Waals surface area (Å²) in [5, 5.41) is 2.99. The Bertz CT molecular complexity index is 465. The Balaban J connectivity index is 1.41. The molecule has 120 valence electrons. The van der Waals surface area contributed by atoms with Gasteiger partial charge in [-0.3, -0.25) is 9.88 Å². The first-order valence-electron chi connectivity index (χ1n) is 8.48. The number of amides is 2. The number of piperazine rings is 1. The number of carbonyl (C=O) groups excluding carboxylic acids is 1. The van der Waals surface area contributed by atoms with Gasteiger partial charge in [-0.15, -0.1) is 0 Å². The van der Waals surface area contributed by atoms with Gasteiger partial charge in [0.2, 0.25) is 0 Å². The van der Waals surface area contributed by atoms with Crippen LogP contribution in [0, 0.1) is 0 Å². The highest BCUT2D eigenvalue weighted by Gasteiger charge is 2.26. The fourth-order valence-corrected chi connectivity index (χ4v) is 3.53. The van der Waals surface area contributed by atoms with E-state index in [0.29, 0.717) is 6.54 Å². The quantitative estimate of drug-likeness (QED) is 0.931. The van der Waals surface area contributed by atoms with Crippen LogP contribution < -0.4 is 5.32 Å². The average Bonchev–Trinajstić information content (AvgIpc) is 2.61. The van der Waals surface area contributed by atoms with Crippen molar-refractivity contribution >= 4 is 6.03 Å². The molecule has 1 saturated carbocycles. The van der Waals surface area contributed by atoms with Crippen LogP contribution in [-0.2, 0) is 6.54 Å². The van der Waals surface area contributed by atoms with Crippen molar-refractivity contribution in [3.8, 4) is 0 Å². The molecule has 5 nitrogen and oxygen atoms in total. The summed E-state index contributed by atoms with van der Waals surface area (Å²) in [6.07, 6.45) is 10.4. The van der Waals surface area contributed by atoms with Gasteiger partial charge in [0.25, 0.3) is 0 Å². The lowest BCUT2D eigenvalue weighted by atomic mass is 9.94. The minimum atomic E-state index is 0.0483. The van der Waals surface area contributed by atoms with E-state index in [0.717, 1.165) is 37.8 Å². The lowest BCUT2D eigenvalue weighted by Gasteiger charge is -2.40. The Hall–Kier alpha value is -1.62. The number of hydrogen-bond acceptors (Lipinski definition) is 3. The number of hydrogen-bond donors (Lipinski definition) is 1. The molecule has 2 aliphatic rings. The van der Waals surface area contributed by atoms with Gasteiger partial charge < -0.3 is 10.2 Å². The van der Waals surface area contributed by atoms with Crippen LogP contribution in [0.4, 0.5) is 4.79 Å². The molecule has 1 N–H and O–H groups in total. The van der Waals surface area contributed by atoms with E-state index in [1.807, 2.05) is 17.0 Å². The molecule has 0 atom stereocenters. The predicted molar refractivity (Wildman–Crippen MR) is 86.5 cm³/mol. The second kappa shape index (κ2) is 7.58. The summed E-state index contributed by atoms with van der Waals surface area (Å²) in [7, 11) is 0. The van der Waals surface area contributed by atoms with Crippen molar-refractivity contribution in [1.29, 1.82) is 0 Å². The highest BCUT2D eigenvalue weighted by atomic mass is 16.2. The van der Waals surface area contributed by atoms with Crippen molar-refractivity contribution in [2.45, 2.75) is 44.7 Å². The van der Waals surface area contributed by atoms with Crippen LogP contribution in [0.5, 0.6) is 0 Å². The number of urea groups is 1. The van der Waals surface area contributed by atoms with E-state index in [2.05, 4.69) is 15.2 Å². The second-order valence-corrected chi connectivity index (χ2v) is 6.33. The molecule has 1 aromatic rings. The molecule has 0 aromatic carbocycles. The zero-order valence-electron chi connectivity index (χ0n) is 13.2. The average molecular weight is 302 g/mol. The van der Waals surface area contributed by atoms with Crippen LogP contribution in [0.1, 0.15) is 37.7 Å². The van der Waals surface area contributed by atoms with Crippen molar-refractivity contribution < 1.29 is 4.79 Å². The zero-order chi connectivity index (χ0) is 15.2. The van der Waals surface area contributed by atoms with E-state index in [1.165, 1.54) is 32.1 Å². The van der Waals surface area contributed by atoms with Crippen molar-refractivity contribution in [3.63, 3.8) is 0 Å². The summed E-state index contributed by atoms with van der Waals surface area (Å²) in [5.41, 5.74) is 1.04. The Morgan fingerprint density at radius 1 is 1.18 bits per heavy atom. The first-order chi connectivity index (χ1) is 10.8. The molecule has 1 aromatic heterocycles. The van der Waals surface area contributed by atoms with Crippen LogP contribution in [0.3, 0.4) is 0 Å². The molecule has 1 aliphatic heterocycles. The molecule has 1 saturated heterocycles. The first kappa shape index (κ1) is 15.3. The smallest absolute Gasteiger partial charge is 0.317 e. The Kier molecular flexibility index (Phi) is 5.27. The van der Waals surface area contributed by atoms with Gasteiger partial charge in [0.05, 0.1) is 0 Å². The zero-order valence-corrected chi connectivity index (χ0v) is 13.2. The van der Waals surface area contributed by atoms with E-state index in [1.54, 1.807) is 12.4 Å². The predicted octanol–water partition coefficient (Wildman–Crippen LogP) is 2.24. The lowest BCUT2D eigenvalue weighted by Crippen LogP contribution is -2.54. The molecule has 2 amide bonds. The molecule has 0 spiro atoms. The van der Waals surface area contributed by atoms with E-state index in [-0.39, 0.29) is 6.03 Å². The third-order valence-electron chi connectivity index (χ3n) is 4.86. The summed E-state index contributed by atoms with van der Waals surface area (Å²) in [4.78, 5) is 20.8. The molecule has 2 fully saturated rings. The van der Waals surface area contributed by atoms with Crippen LogP contribution in [0.15, 0.2) is 24.5 Å². The van der Waals surface area contributed by atoms with Crippen LogP contribution >= 0.6 is 0 Å². The van der Waals surface area contributed by atoms with Gasteiger partial charge in [-0.1, -0.05) is 25.3 Å². The number of aromatic nitrogens is 1. The van der Waals surface area contributed by atoms with Crippen LogP contribution in [0.2, 0.25) is 0 Å². The second-order valence-electron chi connectivity index (χ2n) is 6.33. The van der Waals surface area contributed by atoms with Gasteiger partial charge in [-0.2, -0.15) is 0 Å². The topological polar surface area (TPSA) is 48.5 Å². The van der Waals surface area contributed by atoms with Gasteiger partial charge in [-0.05, 0) is 24.5 Å². The Morgan fingerprint density at radius 3 is 2.64 bits per heavy atom. The summed E-state index contributed by atoms with van der Waals surface area (Å²) >= 11 is 0. The van der Waals surface area contributed by atoms with Crippen LogP contribution in [-0.4, -0.2) is 53.0 Å². The van der Waals surface area contributed by atoms with Gasteiger partial charge in [0.15, 0.2) is 0 Å². The lowest BCUT2D eigenvalue weighted by molar-refractivity contribution is 0.0905. The number of nitrogens with one attached hydrogen (secondary N) is 1. The van der Waals surface area contributed by atoms with Crippen LogP contribution in [0.25, 0.3) is 0 Å². The van der Waals surface area contributed by atoms with Gasteiger partial charge in [-0.25, -0.2) is 4.79 Å². The molecule has 0 bridgehead atoms. The Morgan fingerprint density at radius 2 is 1.95 bits per heavy atom. The van der Waals surface area contributed by atoms with E-state index < -0.39 is 0 Å². The SMILES string of the molecule is O=C(NCc1cccnc1)N1CCN(C2CCCCC2)CC1. The maximum absolute atomic E-state index is 12.2. The highest BCUT2D eigenvalue weighted by molar-refractivity contribution is 5.74. The molecular formula is C17H26N4O. The highest BCUT2D eigenvalue weighted by Crippen LogP contribution is 2.23. The molecule has 2 heterocycles. The molecule has 3 rings (SSSR count). The third-order valence-corrected chi connectivity index (χ3v) is 4.86. The van der Waals surface area contributed by atoms with E-state index in [9.17, 15) is 4.79 Å². The molecule has 0 radical (unpaired) electrons. The maximum atomic E-state index is 12.2. The standard InChI is InChI=1S/C17H26N4O/c22-17(19-14-15-5-4-8-18-13-15)21-11-9-20(10-12-21)16-6-2-1-3-7-16/h4-5,8,13,16H,1-3,6-7,9-12,14H2,(H,19,22). The van der Waals surface area contributed by atoms with E-state index in [4.69, 9.17) is 0 Å². The number of pyridine rings is 1. The van der Waals surface area contributed by atoms with Gasteiger partial charge in [0, 0.05) is 51.2 Å². The first-order valence-corrected chi connectivity index (χ1v) is 8.48. The minimum Gasteiger partial charge on any atom is -0.334 e. The number of rotatable bonds is 3. The summed E-state index contributed by atoms with van der Waals surface area (Å²) in [6.45, 7) is 4.27. The molecule has 1 aliphatic carbocycles. The number of nitrogens with zero attached hydrogens (tertiary/aromatic N) is 3. The van der Waals surface area contributed by atoms with Crippen molar-refractivity contribution in [2.75, 3.05) is 26.2 Å².